The Balaban J connectivity index is 1.62. The summed E-state index contributed by atoms with van der Waals surface area (Å²) in [6, 6.07) is 35.1. The predicted molar refractivity (Wildman–Crippen MR) is 192 cm³/mol. The maximum atomic E-state index is 14.6. The molecule has 0 spiro atoms. The van der Waals surface area contributed by atoms with Gasteiger partial charge in [-0.1, -0.05) is 54.6 Å². The molecule has 6 aromatic carbocycles. The van der Waals surface area contributed by atoms with Crippen molar-refractivity contribution in [3.05, 3.63) is 154 Å². The molecule has 242 valence electrons. The number of nitriles is 3. The van der Waals surface area contributed by atoms with Gasteiger partial charge in [0.05, 0.1) is 64.4 Å². The van der Waals surface area contributed by atoms with Crippen LogP contribution in [0.3, 0.4) is 0 Å². The summed E-state index contributed by atoms with van der Waals surface area (Å²) in [5, 5.41) is 33.6. The highest BCUT2D eigenvalue weighted by Crippen LogP contribution is 2.44. The van der Waals surface area contributed by atoms with Gasteiger partial charge in [-0.2, -0.15) is 29.0 Å². The fourth-order valence-corrected chi connectivity index (χ4v) is 7.03. The monoisotopic (exact) mass is 677 g/mol. The SMILES string of the molecule is [C-]#[N+]c1ccc2c3ccc(C#N)cc3n(-c3cc(-c4ccccc4C(F)(F)F)cc(-n4c5cc(C#N)ccc5c5ccc([N+]#[C-])cc54)c3C#N)c2c1. The summed E-state index contributed by atoms with van der Waals surface area (Å²) in [5.74, 6) is 0. The minimum Gasteiger partial charge on any atom is -0.309 e. The van der Waals surface area contributed by atoms with Crippen molar-refractivity contribution in [1.82, 2.24) is 9.13 Å². The molecular formula is C42H18F3N7. The Kier molecular flexibility index (Phi) is 7.04. The number of halogens is 3. The summed E-state index contributed by atoms with van der Waals surface area (Å²) in [6.45, 7) is 15.4. The first-order valence-electron chi connectivity index (χ1n) is 15.7. The first-order chi connectivity index (χ1) is 25.2. The van der Waals surface area contributed by atoms with Crippen molar-refractivity contribution in [3.8, 4) is 40.7 Å². The van der Waals surface area contributed by atoms with Gasteiger partial charge in [0.1, 0.15) is 11.6 Å². The Morgan fingerprint density at radius 3 is 1.40 bits per heavy atom. The van der Waals surface area contributed by atoms with Crippen molar-refractivity contribution in [2.75, 3.05) is 0 Å². The standard InChI is InChI=1S/C42H18F3N7/c1-49-27-9-13-32-30-11-7-24(21-46)15-36(30)51(40(32)19-27)38-17-26(29-5-3-4-6-35(29)42(43,44)45)18-39(34(38)23-48)52-37-16-25(22-47)8-12-31(37)33-14-10-28(50-2)20-41(33)52/h3-20H. The van der Waals surface area contributed by atoms with E-state index in [9.17, 15) is 29.0 Å². The van der Waals surface area contributed by atoms with Gasteiger partial charge in [-0.05, 0) is 65.7 Å². The third-order valence-corrected chi connectivity index (χ3v) is 9.25. The van der Waals surface area contributed by atoms with Gasteiger partial charge in [0, 0.05) is 32.6 Å². The maximum absolute atomic E-state index is 14.6. The van der Waals surface area contributed by atoms with Crippen LogP contribution in [0.4, 0.5) is 24.5 Å². The smallest absolute Gasteiger partial charge is 0.309 e. The van der Waals surface area contributed by atoms with Crippen LogP contribution in [0.1, 0.15) is 22.3 Å². The first-order valence-corrected chi connectivity index (χ1v) is 15.7. The summed E-state index contributed by atoms with van der Waals surface area (Å²) in [7, 11) is 0. The normalized spacial score (nSPS) is 11.3. The van der Waals surface area contributed by atoms with Gasteiger partial charge in [0.25, 0.3) is 0 Å². The molecule has 0 fully saturated rings. The molecule has 0 aliphatic heterocycles. The van der Waals surface area contributed by atoms with Gasteiger partial charge in [-0.25, -0.2) is 9.69 Å². The zero-order chi connectivity index (χ0) is 36.3. The number of benzene rings is 6. The average Bonchev–Trinajstić information content (AvgIpc) is 3.67. The molecule has 8 rings (SSSR count). The van der Waals surface area contributed by atoms with Crippen molar-refractivity contribution in [2.45, 2.75) is 6.18 Å². The zero-order valence-electron chi connectivity index (χ0n) is 26.7. The van der Waals surface area contributed by atoms with Crippen LogP contribution in [0.5, 0.6) is 0 Å². The highest BCUT2D eigenvalue weighted by molar-refractivity contribution is 6.12. The van der Waals surface area contributed by atoms with Crippen LogP contribution in [0.2, 0.25) is 0 Å². The molecule has 8 aromatic rings. The second-order valence-corrected chi connectivity index (χ2v) is 12.0. The average molecular weight is 678 g/mol. The molecule has 10 heteroatoms. The Hall–Kier alpha value is -7.84. The second kappa shape index (κ2) is 11.6. The van der Waals surface area contributed by atoms with Crippen LogP contribution in [-0.4, -0.2) is 9.13 Å². The lowest BCUT2D eigenvalue weighted by Crippen LogP contribution is -2.09. The van der Waals surface area contributed by atoms with Crippen LogP contribution in [0.15, 0.2) is 109 Å². The molecule has 2 aromatic heterocycles. The predicted octanol–water partition coefficient (Wildman–Crippen LogP) is 11.3. The number of aromatic nitrogens is 2. The Bertz CT molecular complexity index is 2760. The number of rotatable bonds is 3. The molecule has 0 unspecified atom stereocenters. The van der Waals surface area contributed by atoms with E-state index in [1.807, 2.05) is 0 Å². The lowest BCUT2D eigenvalue weighted by atomic mass is 9.96. The van der Waals surface area contributed by atoms with E-state index in [0.717, 1.165) is 6.07 Å². The van der Waals surface area contributed by atoms with Crippen molar-refractivity contribution < 1.29 is 13.2 Å². The number of nitrogens with zero attached hydrogens (tertiary/aromatic N) is 7. The topological polar surface area (TPSA) is 89.9 Å². The second-order valence-electron chi connectivity index (χ2n) is 12.0. The first kappa shape index (κ1) is 31.4. The molecule has 0 saturated heterocycles. The summed E-state index contributed by atoms with van der Waals surface area (Å²) in [5.41, 5.74) is 2.84. The highest BCUT2D eigenvalue weighted by Gasteiger charge is 2.34. The largest absolute Gasteiger partial charge is 0.417 e. The lowest BCUT2D eigenvalue weighted by Gasteiger charge is -2.20. The molecule has 0 saturated carbocycles. The van der Waals surface area contributed by atoms with E-state index >= 15 is 0 Å². The van der Waals surface area contributed by atoms with Crippen molar-refractivity contribution >= 4 is 55.0 Å². The number of fused-ring (bicyclic) bond motifs is 6. The van der Waals surface area contributed by atoms with E-state index in [-0.39, 0.29) is 28.1 Å². The van der Waals surface area contributed by atoms with E-state index in [2.05, 4.69) is 27.9 Å². The molecule has 0 N–H and O–H groups in total. The van der Waals surface area contributed by atoms with Gasteiger partial charge in [0.2, 0.25) is 0 Å². The van der Waals surface area contributed by atoms with Crippen LogP contribution in [-0.2, 0) is 6.18 Å². The molecule has 0 bridgehead atoms. The van der Waals surface area contributed by atoms with Gasteiger partial charge >= 0.3 is 6.18 Å². The third kappa shape index (κ3) is 4.71. The summed E-state index contributed by atoms with van der Waals surface area (Å²) < 4.78 is 47.3. The van der Waals surface area contributed by atoms with E-state index in [1.165, 1.54) is 30.3 Å². The van der Waals surface area contributed by atoms with Gasteiger partial charge in [0.15, 0.2) is 11.4 Å². The number of hydrogen-bond acceptors (Lipinski definition) is 3. The molecular weight excluding hydrogens is 660 g/mol. The van der Waals surface area contributed by atoms with Crippen LogP contribution < -0.4 is 0 Å². The van der Waals surface area contributed by atoms with Gasteiger partial charge < -0.3 is 9.13 Å². The summed E-state index contributed by atoms with van der Waals surface area (Å²) >= 11 is 0. The van der Waals surface area contributed by atoms with Gasteiger partial charge in [-0.3, -0.25) is 0 Å². The quantitative estimate of drug-likeness (QED) is 0.174. The molecule has 0 radical (unpaired) electrons. The molecule has 0 atom stereocenters. The number of alkyl halides is 3. The molecule has 0 aliphatic carbocycles. The summed E-state index contributed by atoms with van der Waals surface area (Å²) in [6.07, 6.45) is -4.72. The van der Waals surface area contributed by atoms with E-state index in [1.54, 1.807) is 81.9 Å². The zero-order valence-corrected chi connectivity index (χ0v) is 26.7. The Labute approximate surface area is 293 Å². The third-order valence-electron chi connectivity index (χ3n) is 9.25. The van der Waals surface area contributed by atoms with Crippen molar-refractivity contribution in [1.29, 1.82) is 15.8 Å². The van der Waals surface area contributed by atoms with Crippen molar-refractivity contribution in [2.24, 2.45) is 0 Å². The summed E-state index contributed by atoms with van der Waals surface area (Å²) in [4.78, 5) is 7.21. The Morgan fingerprint density at radius 2 is 0.981 bits per heavy atom. The minimum atomic E-state index is -4.72. The fraction of sp³-hybridized carbons (Fsp3) is 0.0238. The van der Waals surface area contributed by atoms with Gasteiger partial charge in [-0.15, -0.1) is 0 Å². The molecule has 52 heavy (non-hydrogen) atoms. The Morgan fingerprint density at radius 1 is 0.538 bits per heavy atom. The van der Waals surface area contributed by atoms with E-state index in [4.69, 9.17) is 13.1 Å². The van der Waals surface area contributed by atoms with E-state index < -0.39 is 11.7 Å². The van der Waals surface area contributed by atoms with Crippen LogP contribution in [0, 0.1) is 47.1 Å². The number of hydrogen-bond donors (Lipinski definition) is 0. The molecule has 2 heterocycles. The highest BCUT2D eigenvalue weighted by atomic mass is 19.4. The molecule has 0 aliphatic rings. The maximum Gasteiger partial charge on any atom is 0.417 e. The minimum absolute atomic E-state index is 0.0667. The fourth-order valence-electron chi connectivity index (χ4n) is 7.03. The van der Waals surface area contributed by atoms with E-state index in [0.29, 0.717) is 66.1 Å². The molecule has 7 nitrogen and oxygen atoms in total. The molecule has 0 amide bonds. The van der Waals surface area contributed by atoms with Crippen LogP contribution >= 0.6 is 0 Å². The van der Waals surface area contributed by atoms with Crippen LogP contribution in [0.25, 0.3) is 75.8 Å². The lowest BCUT2D eigenvalue weighted by molar-refractivity contribution is -0.137. The van der Waals surface area contributed by atoms with Crippen molar-refractivity contribution in [3.63, 3.8) is 0 Å².